The van der Waals surface area contributed by atoms with Gasteiger partial charge in [0.2, 0.25) is 0 Å². The monoisotopic (exact) mass is 306 g/mol. The molecule has 0 atom stereocenters. The van der Waals surface area contributed by atoms with Gasteiger partial charge in [-0.3, -0.25) is 9.80 Å². The van der Waals surface area contributed by atoms with E-state index in [2.05, 4.69) is 9.80 Å². The molecule has 0 aromatic rings. The van der Waals surface area contributed by atoms with E-state index in [9.17, 15) is 0 Å². The van der Waals surface area contributed by atoms with Crippen LogP contribution in [-0.4, -0.2) is 84.0 Å². The summed E-state index contributed by atoms with van der Waals surface area (Å²) < 4.78 is 0. The molecule has 0 saturated carbocycles. The highest BCUT2D eigenvalue weighted by Gasteiger charge is 2.11. The summed E-state index contributed by atoms with van der Waals surface area (Å²) in [4.78, 5) is 4.59. The molecular formula is C10H24Cl2N2O2S. The molecule has 0 aromatic heterocycles. The van der Waals surface area contributed by atoms with E-state index in [0.29, 0.717) is 0 Å². The standard InChI is InChI=1S/C10H22N2O2S.2ClH/c13-7-3-11-1-2-12(4-8-14)6-10-15-9-5-11;;/h13-14H,1-10H2;2*1H. The van der Waals surface area contributed by atoms with Crippen LogP contribution in [0.4, 0.5) is 0 Å². The van der Waals surface area contributed by atoms with Crippen molar-refractivity contribution in [1.29, 1.82) is 0 Å². The highest BCUT2D eigenvalue weighted by atomic mass is 35.5. The fourth-order valence-electron chi connectivity index (χ4n) is 1.73. The van der Waals surface area contributed by atoms with Gasteiger partial charge in [0.15, 0.2) is 0 Å². The van der Waals surface area contributed by atoms with Gasteiger partial charge in [0, 0.05) is 50.8 Å². The zero-order valence-electron chi connectivity index (χ0n) is 10.1. The van der Waals surface area contributed by atoms with Gasteiger partial charge in [-0.15, -0.1) is 24.8 Å². The summed E-state index contributed by atoms with van der Waals surface area (Å²) >= 11 is 1.96. The van der Waals surface area contributed by atoms with Crippen LogP contribution >= 0.6 is 36.6 Å². The molecular weight excluding hydrogens is 283 g/mol. The van der Waals surface area contributed by atoms with E-state index in [0.717, 1.165) is 50.8 Å². The number of hydrogen-bond acceptors (Lipinski definition) is 5. The van der Waals surface area contributed by atoms with Crippen molar-refractivity contribution in [3.63, 3.8) is 0 Å². The van der Waals surface area contributed by atoms with Crippen molar-refractivity contribution in [3.05, 3.63) is 0 Å². The van der Waals surface area contributed by atoms with Gasteiger partial charge < -0.3 is 10.2 Å². The average molecular weight is 307 g/mol. The van der Waals surface area contributed by atoms with Crippen LogP contribution in [0.3, 0.4) is 0 Å². The first kappa shape index (κ1) is 20.1. The molecule has 1 saturated heterocycles. The Hall–Kier alpha value is 0.770. The Morgan fingerprint density at radius 3 is 1.53 bits per heavy atom. The summed E-state index contributed by atoms with van der Waals surface area (Å²) in [6.45, 7) is 6.16. The number of hydrogen-bond donors (Lipinski definition) is 2. The Bertz CT molecular complexity index is 153. The Morgan fingerprint density at radius 2 is 1.18 bits per heavy atom. The molecule has 2 N–H and O–H groups in total. The number of aliphatic hydroxyl groups is 2. The highest BCUT2D eigenvalue weighted by molar-refractivity contribution is 7.99. The maximum atomic E-state index is 8.92. The summed E-state index contributed by atoms with van der Waals surface area (Å²) in [6.07, 6.45) is 0. The van der Waals surface area contributed by atoms with Gasteiger partial charge in [0.05, 0.1) is 13.2 Å². The third-order valence-corrected chi connectivity index (χ3v) is 3.61. The maximum absolute atomic E-state index is 8.92. The highest BCUT2D eigenvalue weighted by Crippen LogP contribution is 2.05. The molecule has 0 unspecified atom stereocenters. The van der Waals surface area contributed by atoms with E-state index < -0.39 is 0 Å². The molecule has 0 radical (unpaired) electrons. The predicted octanol–water partition coefficient (Wildman–Crippen LogP) is 0.165. The fourth-order valence-corrected chi connectivity index (χ4v) is 2.70. The largest absolute Gasteiger partial charge is 0.395 e. The van der Waals surface area contributed by atoms with Crippen molar-refractivity contribution >= 4 is 36.6 Å². The van der Waals surface area contributed by atoms with Crippen LogP contribution < -0.4 is 0 Å². The van der Waals surface area contributed by atoms with Crippen LogP contribution in [0.1, 0.15) is 0 Å². The van der Waals surface area contributed by atoms with Crippen molar-refractivity contribution in [1.82, 2.24) is 9.80 Å². The second kappa shape index (κ2) is 13.2. The van der Waals surface area contributed by atoms with E-state index >= 15 is 0 Å². The quantitative estimate of drug-likeness (QED) is 0.775. The summed E-state index contributed by atoms with van der Waals surface area (Å²) in [5.74, 6) is 2.29. The molecule has 1 heterocycles. The van der Waals surface area contributed by atoms with E-state index in [1.165, 1.54) is 0 Å². The van der Waals surface area contributed by atoms with E-state index in [1.807, 2.05) is 11.8 Å². The first-order valence-electron chi connectivity index (χ1n) is 5.61. The Balaban J connectivity index is 0. The van der Waals surface area contributed by atoms with Gasteiger partial charge >= 0.3 is 0 Å². The summed E-state index contributed by atoms with van der Waals surface area (Å²) in [5.41, 5.74) is 0. The van der Waals surface area contributed by atoms with E-state index in [-0.39, 0.29) is 38.0 Å². The average Bonchev–Trinajstić information content (AvgIpc) is 2.33. The first-order valence-corrected chi connectivity index (χ1v) is 6.76. The minimum atomic E-state index is 0. The van der Waals surface area contributed by atoms with Crippen LogP contribution in [-0.2, 0) is 0 Å². The molecule has 0 bridgehead atoms. The van der Waals surface area contributed by atoms with Gasteiger partial charge in [-0.05, 0) is 0 Å². The summed E-state index contributed by atoms with van der Waals surface area (Å²) in [5, 5.41) is 17.8. The van der Waals surface area contributed by atoms with Crippen LogP contribution in [0.2, 0.25) is 0 Å². The molecule has 0 spiro atoms. The minimum Gasteiger partial charge on any atom is -0.395 e. The molecule has 1 fully saturated rings. The zero-order valence-corrected chi connectivity index (χ0v) is 12.5. The van der Waals surface area contributed by atoms with Crippen LogP contribution in [0.25, 0.3) is 0 Å². The van der Waals surface area contributed by atoms with Crippen LogP contribution in [0.5, 0.6) is 0 Å². The van der Waals surface area contributed by atoms with Gasteiger partial charge in [-0.1, -0.05) is 0 Å². The smallest absolute Gasteiger partial charge is 0.0558 e. The second-order valence-electron chi connectivity index (χ2n) is 3.74. The first-order chi connectivity index (χ1) is 7.36. The number of β-amino-alcohol motifs (C(OH)–C–C–N with tert-alkyl or cyclic N) is 2. The number of thioether (sulfide) groups is 1. The lowest BCUT2D eigenvalue weighted by Gasteiger charge is -2.24. The SMILES string of the molecule is Cl.Cl.OCCN1CCSCCN(CCO)CC1. The van der Waals surface area contributed by atoms with E-state index in [1.54, 1.807) is 0 Å². The van der Waals surface area contributed by atoms with Crippen LogP contribution in [0.15, 0.2) is 0 Å². The third-order valence-electron chi connectivity index (χ3n) is 2.67. The Morgan fingerprint density at radius 1 is 0.765 bits per heavy atom. The molecule has 7 heteroatoms. The van der Waals surface area contributed by atoms with Crippen molar-refractivity contribution in [2.75, 3.05) is 64.0 Å². The van der Waals surface area contributed by atoms with Crippen molar-refractivity contribution in [2.45, 2.75) is 0 Å². The molecule has 106 valence electrons. The van der Waals surface area contributed by atoms with Crippen LogP contribution in [0, 0.1) is 0 Å². The fraction of sp³-hybridized carbons (Fsp3) is 1.00. The second-order valence-corrected chi connectivity index (χ2v) is 4.97. The molecule has 4 nitrogen and oxygen atoms in total. The Kier molecular flexibility index (Phi) is 15.6. The number of aliphatic hydroxyl groups excluding tert-OH is 2. The summed E-state index contributed by atoms with van der Waals surface area (Å²) in [6, 6.07) is 0. The molecule has 1 aliphatic heterocycles. The van der Waals surface area contributed by atoms with Crippen molar-refractivity contribution < 1.29 is 10.2 Å². The number of nitrogens with zero attached hydrogens (tertiary/aromatic N) is 2. The molecule has 0 amide bonds. The van der Waals surface area contributed by atoms with E-state index in [4.69, 9.17) is 10.2 Å². The van der Waals surface area contributed by atoms with Crippen molar-refractivity contribution in [3.8, 4) is 0 Å². The molecule has 0 aliphatic carbocycles. The number of halogens is 2. The molecule has 1 rings (SSSR count). The molecule has 0 aromatic carbocycles. The van der Waals surface area contributed by atoms with Crippen molar-refractivity contribution in [2.24, 2.45) is 0 Å². The van der Waals surface area contributed by atoms with Gasteiger partial charge in [0.1, 0.15) is 0 Å². The minimum absolute atomic E-state index is 0. The predicted molar refractivity (Wildman–Crippen MR) is 78.9 cm³/mol. The molecule has 1 aliphatic rings. The summed E-state index contributed by atoms with van der Waals surface area (Å²) in [7, 11) is 0. The lowest BCUT2D eigenvalue weighted by atomic mass is 10.4. The van der Waals surface area contributed by atoms with Gasteiger partial charge in [-0.2, -0.15) is 11.8 Å². The Labute approximate surface area is 121 Å². The normalized spacial score (nSPS) is 19.4. The van der Waals surface area contributed by atoms with Gasteiger partial charge in [-0.25, -0.2) is 0 Å². The zero-order chi connectivity index (χ0) is 10.9. The lowest BCUT2D eigenvalue weighted by Crippen LogP contribution is -2.38. The number of rotatable bonds is 4. The van der Waals surface area contributed by atoms with Gasteiger partial charge in [0.25, 0.3) is 0 Å². The lowest BCUT2D eigenvalue weighted by molar-refractivity contribution is 0.161. The molecule has 17 heavy (non-hydrogen) atoms. The topological polar surface area (TPSA) is 46.9 Å². The maximum Gasteiger partial charge on any atom is 0.0558 e. The third kappa shape index (κ3) is 9.36.